The van der Waals surface area contributed by atoms with E-state index in [4.69, 9.17) is 9.26 Å². The molecule has 1 fully saturated rings. The highest BCUT2D eigenvalue weighted by Crippen LogP contribution is 2.23. The number of ether oxygens (including phenoxy) is 1. The molecule has 0 unspecified atom stereocenters. The number of aromatic nitrogens is 2. The van der Waals surface area contributed by atoms with Gasteiger partial charge in [0.15, 0.2) is 5.76 Å². The molecule has 4 rings (SSSR count). The van der Waals surface area contributed by atoms with Crippen molar-refractivity contribution in [1.29, 1.82) is 0 Å². The van der Waals surface area contributed by atoms with E-state index in [1.165, 1.54) is 0 Å². The quantitative estimate of drug-likeness (QED) is 0.589. The van der Waals surface area contributed by atoms with Gasteiger partial charge < -0.3 is 24.5 Å². The highest BCUT2D eigenvalue weighted by atomic mass is 35.5. The number of nitrogens with zero attached hydrogens (tertiary/aromatic N) is 2. The average molecular weight is 459 g/mol. The molecule has 0 atom stereocenters. The number of hydrogen-bond acceptors (Lipinski definition) is 6. The van der Waals surface area contributed by atoms with Gasteiger partial charge in [-0.15, -0.1) is 12.4 Å². The van der Waals surface area contributed by atoms with Gasteiger partial charge in [-0.05, 0) is 68.8 Å². The summed E-state index contributed by atoms with van der Waals surface area (Å²) in [6, 6.07) is 11.1. The minimum atomic E-state index is -0.403. The third-order valence-electron chi connectivity index (χ3n) is 5.62. The lowest BCUT2D eigenvalue weighted by Crippen LogP contribution is -2.38. The maximum atomic E-state index is 13.0. The molecule has 1 aromatic carbocycles. The second-order valence-electron chi connectivity index (χ2n) is 7.66. The molecule has 0 spiro atoms. The molecule has 0 radical (unpaired) electrons. The van der Waals surface area contributed by atoms with Crippen LogP contribution in [0.15, 0.2) is 51.9 Å². The number of methoxy groups -OCH3 is 1. The van der Waals surface area contributed by atoms with Crippen LogP contribution in [0.25, 0.3) is 11.3 Å². The fraction of sp³-hybridized carbons (Fsp3) is 0.348. The lowest BCUT2D eigenvalue weighted by atomic mass is 10.0. The number of hydrogen-bond donors (Lipinski definition) is 2. The average Bonchev–Trinajstić information content (AvgIpc) is 3.27. The molecule has 2 N–H and O–H groups in total. The highest BCUT2D eigenvalue weighted by molar-refractivity contribution is 5.95. The molecule has 170 valence electrons. The number of amides is 1. The van der Waals surface area contributed by atoms with Crippen molar-refractivity contribution in [3.05, 3.63) is 69.8 Å². The number of rotatable bonds is 6. The number of pyridine rings is 1. The zero-order chi connectivity index (χ0) is 21.8. The first kappa shape index (κ1) is 23.6. The Kier molecular flexibility index (Phi) is 7.71. The van der Waals surface area contributed by atoms with Crippen LogP contribution in [0.5, 0.6) is 5.75 Å². The molecule has 0 saturated carbocycles. The van der Waals surface area contributed by atoms with Crippen molar-refractivity contribution in [2.24, 2.45) is 0 Å². The fourth-order valence-corrected chi connectivity index (χ4v) is 3.84. The minimum absolute atomic E-state index is 0. The van der Waals surface area contributed by atoms with E-state index in [0.29, 0.717) is 17.0 Å². The van der Waals surface area contributed by atoms with Crippen LogP contribution in [-0.2, 0) is 6.54 Å². The molecule has 9 heteroatoms. The highest BCUT2D eigenvalue weighted by Gasteiger charge is 2.21. The van der Waals surface area contributed by atoms with Gasteiger partial charge in [0.1, 0.15) is 17.0 Å². The standard InChI is InChI=1S/C23H26N4O4.ClH/c1-15-9-12-27(18-7-10-24-11-8-18)23(29)21(15)22(28)25-14-17-13-20(31-26-17)16-3-5-19(30-2)6-4-16;/h3-6,9,12-13,18,24H,7-8,10-11,14H2,1-2H3,(H,25,28);1H. The summed E-state index contributed by atoms with van der Waals surface area (Å²) in [7, 11) is 1.61. The van der Waals surface area contributed by atoms with Crippen molar-refractivity contribution < 1.29 is 14.1 Å². The molecule has 2 aromatic heterocycles. The number of halogens is 1. The van der Waals surface area contributed by atoms with Gasteiger partial charge in [-0.2, -0.15) is 0 Å². The molecule has 3 aromatic rings. The normalized spacial score (nSPS) is 13.9. The summed E-state index contributed by atoms with van der Waals surface area (Å²) in [5.74, 6) is 0.944. The summed E-state index contributed by atoms with van der Waals surface area (Å²) in [5, 5.41) is 10.1. The first-order valence-corrected chi connectivity index (χ1v) is 10.4. The summed E-state index contributed by atoms with van der Waals surface area (Å²) >= 11 is 0. The monoisotopic (exact) mass is 458 g/mol. The van der Waals surface area contributed by atoms with Crippen LogP contribution in [0.3, 0.4) is 0 Å². The Bertz CT molecular complexity index is 1120. The summed E-state index contributed by atoms with van der Waals surface area (Å²) in [6.07, 6.45) is 3.54. The minimum Gasteiger partial charge on any atom is -0.497 e. The SMILES string of the molecule is COc1ccc(-c2cc(CNC(=O)c3c(C)ccn(C4CCNCC4)c3=O)no2)cc1.Cl. The van der Waals surface area contributed by atoms with Gasteiger partial charge in [-0.1, -0.05) is 5.16 Å². The van der Waals surface area contributed by atoms with E-state index < -0.39 is 5.91 Å². The van der Waals surface area contributed by atoms with Crippen LogP contribution in [0.1, 0.15) is 40.5 Å². The number of nitrogens with one attached hydrogen (secondary N) is 2. The Morgan fingerprint density at radius 1 is 1.25 bits per heavy atom. The van der Waals surface area contributed by atoms with Gasteiger partial charge in [0.05, 0.1) is 13.7 Å². The molecule has 1 saturated heterocycles. The first-order chi connectivity index (χ1) is 15.1. The second kappa shape index (κ2) is 10.5. The molecule has 32 heavy (non-hydrogen) atoms. The van der Waals surface area contributed by atoms with Gasteiger partial charge in [0.25, 0.3) is 11.5 Å². The van der Waals surface area contributed by atoms with Crippen molar-refractivity contribution >= 4 is 18.3 Å². The van der Waals surface area contributed by atoms with E-state index in [1.807, 2.05) is 30.3 Å². The van der Waals surface area contributed by atoms with Gasteiger partial charge in [0, 0.05) is 23.9 Å². The Morgan fingerprint density at radius 3 is 2.66 bits per heavy atom. The number of aryl methyl sites for hydroxylation is 1. The van der Waals surface area contributed by atoms with Gasteiger partial charge in [-0.25, -0.2) is 0 Å². The molecular formula is C23H27ClN4O4. The largest absolute Gasteiger partial charge is 0.497 e. The maximum absolute atomic E-state index is 13.0. The van der Waals surface area contributed by atoms with Crippen molar-refractivity contribution in [3.8, 4) is 17.1 Å². The Labute approximate surface area is 192 Å². The molecule has 1 aliphatic heterocycles. The van der Waals surface area contributed by atoms with Crippen molar-refractivity contribution in [3.63, 3.8) is 0 Å². The third kappa shape index (κ3) is 5.03. The zero-order valence-electron chi connectivity index (χ0n) is 18.1. The van der Waals surface area contributed by atoms with Crippen molar-refractivity contribution in [2.75, 3.05) is 20.2 Å². The van der Waals surface area contributed by atoms with Crippen LogP contribution in [0.4, 0.5) is 0 Å². The van der Waals surface area contributed by atoms with Gasteiger partial charge >= 0.3 is 0 Å². The lowest BCUT2D eigenvalue weighted by Gasteiger charge is -2.25. The summed E-state index contributed by atoms with van der Waals surface area (Å²) in [4.78, 5) is 25.9. The lowest BCUT2D eigenvalue weighted by molar-refractivity contribution is 0.0947. The Hall–Kier alpha value is -3.10. The number of carbonyl (C=O) groups is 1. The van der Waals surface area contributed by atoms with Gasteiger partial charge in [-0.3, -0.25) is 9.59 Å². The molecule has 0 aliphatic carbocycles. The predicted octanol–water partition coefficient (Wildman–Crippen LogP) is 3.10. The smallest absolute Gasteiger partial charge is 0.263 e. The van der Waals surface area contributed by atoms with Crippen LogP contribution in [-0.4, -0.2) is 35.8 Å². The van der Waals surface area contributed by atoms with Crippen molar-refractivity contribution in [2.45, 2.75) is 32.4 Å². The summed E-state index contributed by atoms with van der Waals surface area (Å²) in [5.41, 5.74) is 2.02. The predicted molar refractivity (Wildman–Crippen MR) is 123 cm³/mol. The number of piperidine rings is 1. The first-order valence-electron chi connectivity index (χ1n) is 10.4. The van der Waals surface area contributed by atoms with E-state index >= 15 is 0 Å². The number of carbonyl (C=O) groups excluding carboxylic acids is 1. The second-order valence-corrected chi connectivity index (χ2v) is 7.66. The van der Waals surface area contributed by atoms with Gasteiger partial charge in [0.2, 0.25) is 0 Å². The molecular weight excluding hydrogens is 432 g/mol. The van der Waals surface area contributed by atoms with Crippen LogP contribution >= 0.6 is 12.4 Å². The molecule has 8 nitrogen and oxygen atoms in total. The van der Waals surface area contributed by atoms with E-state index in [9.17, 15) is 9.59 Å². The summed E-state index contributed by atoms with van der Waals surface area (Å²) in [6.45, 7) is 3.69. The topological polar surface area (TPSA) is 98.4 Å². The maximum Gasteiger partial charge on any atom is 0.263 e. The third-order valence-corrected chi connectivity index (χ3v) is 5.62. The van der Waals surface area contributed by atoms with Crippen LogP contribution in [0, 0.1) is 6.92 Å². The van der Waals surface area contributed by atoms with Crippen LogP contribution in [0.2, 0.25) is 0 Å². The Morgan fingerprint density at radius 2 is 1.97 bits per heavy atom. The van der Waals surface area contributed by atoms with E-state index in [2.05, 4.69) is 15.8 Å². The molecule has 1 amide bonds. The number of benzene rings is 1. The molecule has 0 bridgehead atoms. The summed E-state index contributed by atoms with van der Waals surface area (Å²) < 4.78 is 12.2. The van der Waals surface area contributed by atoms with Crippen molar-refractivity contribution in [1.82, 2.24) is 20.4 Å². The van der Waals surface area contributed by atoms with E-state index in [0.717, 1.165) is 37.2 Å². The molecule has 3 heterocycles. The zero-order valence-corrected chi connectivity index (χ0v) is 18.9. The van der Waals surface area contributed by atoms with E-state index in [1.54, 1.807) is 30.9 Å². The fourth-order valence-electron chi connectivity index (χ4n) is 3.84. The van der Waals surface area contributed by atoms with Crippen LogP contribution < -0.4 is 20.9 Å². The van der Waals surface area contributed by atoms with E-state index in [-0.39, 0.29) is 36.1 Å². The molecule has 1 aliphatic rings. The Balaban J connectivity index is 0.00000289.